The molecule has 2 aromatic heterocycles. The molecular weight excluding hydrogens is 420 g/mol. The molecule has 0 atom stereocenters. The lowest BCUT2D eigenvalue weighted by Gasteiger charge is -2.13. The van der Waals surface area contributed by atoms with E-state index < -0.39 is 35.3 Å². The van der Waals surface area contributed by atoms with Gasteiger partial charge in [0.2, 0.25) is 5.91 Å². The second kappa shape index (κ2) is 8.88. The average Bonchev–Trinajstić information content (AvgIpc) is 2.80. The molecule has 0 radical (unpaired) electrons. The van der Waals surface area contributed by atoms with E-state index in [1.54, 1.807) is 0 Å². The molecule has 10 heteroatoms. The summed E-state index contributed by atoms with van der Waals surface area (Å²) in [6.07, 6.45) is 3.05. The zero-order valence-electron chi connectivity index (χ0n) is 16.7. The molecule has 0 saturated carbocycles. The van der Waals surface area contributed by atoms with Crippen molar-refractivity contribution < 1.29 is 13.6 Å². The minimum atomic E-state index is -1.12. The fourth-order valence-electron chi connectivity index (χ4n) is 3.27. The standard InChI is InChI=1S/C22H17F2N5O3/c23-16-7-6-15(12-17(16)24)27-18(30)13-29-20-19(25-9-10-26-20)21(31)28(22(29)32)11-8-14-4-2-1-3-5-14/h1-7,9-10,12H,8,11,13H2,(H,27,30). The van der Waals surface area contributed by atoms with Crippen LogP contribution in [0.25, 0.3) is 11.2 Å². The van der Waals surface area contributed by atoms with Gasteiger partial charge in [0.25, 0.3) is 5.56 Å². The molecule has 32 heavy (non-hydrogen) atoms. The molecular formula is C22H17F2N5O3. The molecule has 8 nitrogen and oxygen atoms in total. The smallest absolute Gasteiger partial charge is 0.324 e. The molecule has 0 aliphatic rings. The largest absolute Gasteiger partial charge is 0.333 e. The maximum atomic E-state index is 13.4. The number of carbonyl (C=O) groups excluding carboxylic acids is 1. The molecule has 0 unspecified atom stereocenters. The topological polar surface area (TPSA) is 98.9 Å². The molecule has 1 amide bonds. The van der Waals surface area contributed by atoms with Crippen molar-refractivity contribution in [2.24, 2.45) is 0 Å². The molecule has 0 bridgehead atoms. The van der Waals surface area contributed by atoms with Crippen LogP contribution in [-0.2, 0) is 24.3 Å². The highest BCUT2D eigenvalue weighted by Crippen LogP contribution is 2.13. The normalized spacial score (nSPS) is 10.9. The predicted octanol–water partition coefficient (Wildman–Crippen LogP) is 2.11. The lowest BCUT2D eigenvalue weighted by atomic mass is 10.1. The van der Waals surface area contributed by atoms with Crippen LogP contribution in [-0.4, -0.2) is 25.0 Å². The van der Waals surface area contributed by atoms with E-state index in [4.69, 9.17) is 0 Å². The van der Waals surface area contributed by atoms with Gasteiger partial charge in [-0.3, -0.25) is 18.7 Å². The van der Waals surface area contributed by atoms with Crippen molar-refractivity contribution in [3.05, 3.63) is 99.0 Å². The number of halogens is 2. The zero-order valence-corrected chi connectivity index (χ0v) is 16.7. The molecule has 0 saturated heterocycles. The fraction of sp³-hybridized carbons (Fsp3) is 0.136. The van der Waals surface area contributed by atoms with Crippen LogP contribution >= 0.6 is 0 Å². The molecule has 0 fully saturated rings. The molecule has 2 aromatic carbocycles. The average molecular weight is 437 g/mol. The van der Waals surface area contributed by atoms with Gasteiger partial charge in [0.05, 0.1) is 0 Å². The minimum Gasteiger partial charge on any atom is -0.324 e. The van der Waals surface area contributed by atoms with Crippen molar-refractivity contribution in [2.45, 2.75) is 19.5 Å². The molecule has 4 aromatic rings. The lowest BCUT2D eigenvalue weighted by Crippen LogP contribution is -2.42. The first-order valence-corrected chi connectivity index (χ1v) is 9.67. The predicted molar refractivity (Wildman–Crippen MR) is 113 cm³/mol. The van der Waals surface area contributed by atoms with Crippen LogP contribution in [0.5, 0.6) is 0 Å². The van der Waals surface area contributed by atoms with Crippen LogP contribution in [0, 0.1) is 11.6 Å². The summed E-state index contributed by atoms with van der Waals surface area (Å²) in [5.41, 5.74) is -0.472. The van der Waals surface area contributed by atoms with Crippen molar-refractivity contribution in [1.82, 2.24) is 19.1 Å². The lowest BCUT2D eigenvalue weighted by molar-refractivity contribution is -0.116. The maximum absolute atomic E-state index is 13.4. The SMILES string of the molecule is O=C(Cn1c(=O)n(CCc2ccccc2)c(=O)c2nccnc21)Nc1ccc(F)c(F)c1. The Morgan fingerprint density at radius 1 is 0.938 bits per heavy atom. The highest BCUT2D eigenvalue weighted by Gasteiger charge is 2.17. The van der Waals surface area contributed by atoms with Crippen LogP contribution < -0.4 is 16.6 Å². The fourth-order valence-corrected chi connectivity index (χ4v) is 3.27. The number of carbonyl (C=O) groups is 1. The third-order valence-electron chi connectivity index (χ3n) is 4.82. The van der Waals surface area contributed by atoms with Crippen molar-refractivity contribution >= 4 is 22.8 Å². The Balaban J connectivity index is 1.68. The molecule has 0 spiro atoms. The number of rotatable bonds is 6. The summed E-state index contributed by atoms with van der Waals surface area (Å²) in [7, 11) is 0. The number of aromatic nitrogens is 4. The van der Waals surface area contributed by atoms with E-state index in [1.165, 1.54) is 18.5 Å². The first-order chi connectivity index (χ1) is 15.4. The molecule has 2 heterocycles. The highest BCUT2D eigenvalue weighted by molar-refractivity contribution is 5.91. The quantitative estimate of drug-likeness (QED) is 0.498. The Morgan fingerprint density at radius 3 is 2.44 bits per heavy atom. The number of fused-ring (bicyclic) bond motifs is 1. The van der Waals surface area contributed by atoms with Crippen LogP contribution in [0.2, 0.25) is 0 Å². The summed E-state index contributed by atoms with van der Waals surface area (Å²) in [6, 6.07) is 12.2. The second-order valence-corrected chi connectivity index (χ2v) is 6.97. The minimum absolute atomic E-state index is 0.0229. The molecule has 0 aliphatic heterocycles. The Bertz CT molecular complexity index is 1420. The van der Waals surface area contributed by atoms with Gasteiger partial charge in [-0.05, 0) is 24.1 Å². The van der Waals surface area contributed by atoms with Gasteiger partial charge >= 0.3 is 5.69 Å². The van der Waals surface area contributed by atoms with Crippen molar-refractivity contribution in [3.63, 3.8) is 0 Å². The van der Waals surface area contributed by atoms with Gasteiger partial charge in [-0.15, -0.1) is 0 Å². The van der Waals surface area contributed by atoms with Gasteiger partial charge in [-0.1, -0.05) is 30.3 Å². The Morgan fingerprint density at radius 2 is 1.69 bits per heavy atom. The van der Waals surface area contributed by atoms with Gasteiger partial charge < -0.3 is 5.32 Å². The van der Waals surface area contributed by atoms with E-state index in [2.05, 4.69) is 15.3 Å². The molecule has 4 rings (SSSR count). The van der Waals surface area contributed by atoms with Gasteiger partial charge in [-0.2, -0.15) is 0 Å². The van der Waals surface area contributed by atoms with Crippen LogP contribution in [0.4, 0.5) is 14.5 Å². The highest BCUT2D eigenvalue weighted by atomic mass is 19.2. The number of amides is 1. The molecule has 162 valence electrons. The van der Waals surface area contributed by atoms with Crippen molar-refractivity contribution in [3.8, 4) is 0 Å². The van der Waals surface area contributed by atoms with E-state index in [9.17, 15) is 23.2 Å². The molecule has 0 aliphatic carbocycles. The van der Waals surface area contributed by atoms with E-state index in [1.807, 2.05) is 30.3 Å². The zero-order chi connectivity index (χ0) is 22.7. The Kier molecular flexibility index (Phi) is 5.84. The summed E-state index contributed by atoms with van der Waals surface area (Å²) in [5, 5.41) is 2.40. The van der Waals surface area contributed by atoms with E-state index in [0.29, 0.717) is 6.42 Å². The van der Waals surface area contributed by atoms with Crippen LogP contribution in [0.15, 0.2) is 70.5 Å². The number of nitrogens with zero attached hydrogens (tertiary/aromatic N) is 4. The van der Waals surface area contributed by atoms with Crippen molar-refractivity contribution in [1.29, 1.82) is 0 Å². The summed E-state index contributed by atoms with van der Waals surface area (Å²) in [4.78, 5) is 46.5. The summed E-state index contributed by atoms with van der Waals surface area (Å²) >= 11 is 0. The number of hydrogen-bond acceptors (Lipinski definition) is 5. The summed E-state index contributed by atoms with van der Waals surface area (Å²) < 4.78 is 28.6. The van der Waals surface area contributed by atoms with Gasteiger partial charge in [-0.25, -0.2) is 23.5 Å². The summed E-state index contributed by atoms with van der Waals surface area (Å²) in [6.45, 7) is -0.419. The third-order valence-corrected chi connectivity index (χ3v) is 4.82. The van der Waals surface area contributed by atoms with Gasteiger partial charge in [0.15, 0.2) is 22.8 Å². The van der Waals surface area contributed by atoms with Gasteiger partial charge in [0, 0.05) is 30.7 Å². The molecule has 1 N–H and O–H groups in total. The van der Waals surface area contributed by atoms with Crippen molar-refractivity contribution in [2.75, 3.05) is 5.32 Å². The number of benzene rings is 2. The number of anilines is 1. The first kappa shape index (κ1) is 21.0. The number of aryl methyl sites for hydroxylation is 1. The number of hydrogen-bond donors (Lipinski definition) is 1. The van der Waals surface area contributed by atoms with E-state index in [0.717, 1.165) is 26.8 Å². The van der Waals surface area contributed by atoms with E-state index in [-0.39, 0.29) is 23.4 Å². The second-order valence-electron chi connectivity index (χ2n) is 6.97. The van der Waals surface area contributed by atoms with Crippen LogP contribution in [0.3, 0.4) is 0 Å². The first-order valence-electron chi connectivity index (χ1n) is 9.67. The Hall–Kier alpha value is -4.21. The monoisotopic (exact) mass is 437 g/mol. The van der Waals surface area contributed by atoms with Crippen LogP contribution in [0.1, 0.15) is 5.56 Å². The Labute approximate surface area is 179 Å². The summed E-state index contributed by atoms with van der Waals surface area (Å²) in [5.74, 6) is -2.85. The van der Waals surface area contributed by atoms with Gasteiger partial charge in [0.1, 0.15) is 6.54 Å². The maximum Gasteiger partial charge on any atom is 0.333 e. The third kappa shape index (κ3) is 4.29. The van der Waals surface area contributed by atoms with E-state index >= 15 is 0 Å². The number of nitrogens with one attached hydrogen (secondary N) is 1.